The van der Waals surface area contributed by atoms with E-state index in [0.29, 0.717) is 0 Å². The van der Waals surface area contributed by atoms with Crippen molar-refractivity contribution in [1.29, 1.82) is 0 Å². The molecule has 0 N–H and O–H groups in total. The molecule has 0 atom stereocenters. The summed E-state index contributed by atoms with van der Waals surface area (Å²) in [4.78, 5) is 0. The van der Waals surface area contributed by atoms with Crippen LogP contribution < -0.4 is 0 Å². The highest BCUT2D eigenvalue weighted by Gasteiger charge is 2.04. The maximum absolute atomic E-state index is 3.95. The molecule has 16 heavy (non-hydrogen) atoms. The van der Waals surface area contributed by atoms with E-state index in [1.165, 1.54) is 5.56 Å². The first-order chi connectivity index (χ1) is 7.84. The molecule has 0 saturated carbocycles. The molecule has 0 amide bonds. The third kappa shape index (κ3) is 1.35. The molecule has 0 aliphatic heterocycles. The Labute approximate surface area is 92.5 Å². The van der Waals surface area contributed by atoms with Gasteiger partial charge in [-0.25, -0.2) is 0 Å². The normalized spacial score (nSPS) is 10.8. The zero-order valence-corrected chi connectivity index (χ0v) is 8.83. The van der Waals surface area contributed by atoms with Gasteiger partial charge < -0.3 is 0 Å². The highest BCUT2D eigenvalue weighted by molar-refractivity contribution is 5.66. The van der Waals surface area contributed by atoms with Gasteiger partial charge in [-0.1, -0.05) is 30.3 Å². The Morgan fingerprint density at radius 2 is 1.88 bits per heavy atom. The van der Waals surface area contributed by atoms with Crippen LogP contribution >= 0.6 is 0 Å². The molecule has 0 saturated heterocycles. The van der Waals surface area contributed by atoms with E-state index in [-0.39, 0.29) is 0 Å². The van der Waals surface area contributed by atoms with Crippen molar-refractivity contribution in [2.24, 2.45) is 0 Å². The van der Waals surface area contributed by atoms with E-state index in [9.17, 15) is 0 Å². The zero-order valence-electron chi connectivity index (χ0n) is 8.83. The van der Waals surface area contributed by atoms with Crippen LogP contribution in [0.4, 0.5) is 0 Å². The Bertz CT molecular complexity index is 628. The summed E-state index contributed by atoms with van der Waals surface area (Å²) in [7, 11) is 0. The maximum atomic E-state index is 3.95. The average molecular weight is 210 g/mol. The molecule has 78 valence electrons. The van der Waals surface area contributed by atoms with Crippen LogP contribution in [-0.4, -0.2) is 20.0 Å². The Kier molecular flexibility index (Phi) is 1.93. The third-order valence-corrected chi connectivity index (χ3v) is 2.59. The maximum Gasteiger partial charge on any atom is 0.182 e. The van der Waals surface area contributed by atoms with Crippen LogP contribution in [0.15, 0.2) is 42.6 Å². The van der Waals surface area contributed by atoms with Gasteiger partial charge in [0.05, 0.1) is 0 Å². The highest BCUT2D eigenvalue weighted by atomic mass is 15.5. The zero-order chi connectivity index (χ0) is 11.0. The largest absolute Gasteiger partial charge is 0.200 e. The average Bonchev–Trinajstić information content (AvgIpc) is 2.79. The topological polar surface area (TPSA) is 43.1 Å². The molecule has 0 radical (unpaired) electrons. The lowest BCUT2D eigenvalue weighted by molar-refractivity contribution is 0.823. The number of nitrogens with zero attached hydrogens (tertiary/aromatic N) is 4. The van der Waals surface area contributed by atoms with Crippen molar-refractivity contribution in [2.45, 2.75) is 6.92 Å². The summed E-state index contributed by atoms with van der Waals surface area (Å²) < 4.78 is 1.71. The molecule has 3 aromatic rings. The second-order valence-electron chi connectivity index (χ2n) is 3.72. The van der Waals surface area contributed by atoms with Crippen molar-refractivity contribution in [2.75, 3.05) is 0 Å². The number of rotatable bonds is 1. The molecule has 0 bridgehead atoms. The lowest BCUT2D eigenvalue weighted by Crippen LogP contribution is -1.92. The predicted octanol–water partition coefficient (Wildman–Crippen LogP) is 2.10. The minimum absolute atomic E-state index is 0.805. The summed E-state index contributed by atoms with van der Waals surface area (Å²) in [5.41, 5.74) is 4.17. The molecule has 1 aromatic carbocycles. The Hall–Kier alpha value is -2.23. The molecular formula is C12H10N4. The summed E-state index contributed by atoms with van der Waals surface area (Å²) in [6, 6.07) is 12.3. The van der Waals surface area contributed by atoms with Gasteiger partial charge in [0.1, 0.15) is 0 Å². The van der Waals surface area contributed by atoms with Gasteiger partial charge in [0, 0.05) is 11.8 Å². The third-order valence-electron chi connectivity index (χ3n) is 2.59. The van der Waals surface area contributed by atoms with Gasteiger partial charge in [-0.3, -0.25) is 0 Å². The molecule has 0 fully saturated rings. The van der Waals surface area contributed by atoms with Gasteiger partial charge in [-0.15, -0.1) is 5.10 Å². The quantitative estimate of drug-likeness (QED) is 0.617. The van der Waals surface area contributed by atoms with Crippen molar-refractivity contribution in [3.8, 4) is 11.1 Å². The summed E-state index contributed by atoms with van der Waals surface area (Å²) in [5, 5.41) is 11.5. The Morgan fingerprint density at radius 1 is 1.06 bits per heavy atom. The van der Waals surface area contributed by atoms with Crippen molar-refractivity contribution in [3.63, 3.8) is 0 Å². The van der Waals surface area contributed by atoms with Crippen molar-refractivity contribution >= 4 is 5.65 Å². The number of pyridine rings is 1. The van der Waals surface area contributed by atoms with Crippen LogP contribution in [0.5, 0.6) is 0 Å². The monoisotopic (exact) mass is 210 g/mol. The fourth-order valence-corrected chi connectivity index (χ4v) is 1.80. The molecule has 4 nitrogen and oxygen atoms in total. The Morgan fingerprint density at radius 3 is 2.69 bits per heavy atom. The molecule has 0 spiro atoms. The molecule has 2 aromatic heterocycles. The number of tetrazole rings is 1. The van der Waals surface area contributed by atoms with E-state index in [1.807, 2.05) is 31.3 Å². The Balaban J connectivity index is 2.25. The fraction of sp³-hybridized carbons (Fsp3) is 0.0833. The lowest BCUT2D eigenvalue weighted by atomic mass is 10.1. The van der Waals surface area contributed by atoms with E-state index < -0.39 is 0 Å². The summed E-state index contributed by atoms with van der Waals surface area (Å²) in [6.45, 7) is 2.01. The van der Waals surface area contributed by atoms with E-state index in [0.717, 1.165) is 16.8 Å². The molecular weight excluding hydrogens is 200 g/mol. The van der Waals surface area contributed by atoms with E-state index >= 15 is 0 Å². The van der Waals surface area contributed by atoms with Gasteiger partial charge in [-0.2, -0.15) is 4.52 Å². The minimum Gasteiger partial charge on any atom is -0.200 e. The van der Waals surface area contributed by atoms with Crippen molar-refractivity contribution in [1.82, 2.24) is 20.0 Å². The first kappa shape index (κ1) is 9.03. The molecule has 0 aliphatic carbocycles. The number of hydrogen-bond donors (Lipinski definition) is 0. The number of aryl methyl sites for hydroxylation is 1. The van der Waals surface area contributed by atoms with Gasteiger partial charge in [0.25, 0.3) is 0 Å². The minimum atomic E-state index is 0.805. The molecule has 0 unspecified atom stereocenters. The van der Waals surface area contributed by atoms with Crippen molar-refractivity contribution < 1.29 is 0 Å². The molecule has 3 rings (SSSR count). The van der Waals surface area contributed by atoms with E-state index in [2.05, 4.69) is 33.7 Å². The SMILES string of the molecule is Cc1cc(-c2ccccc2)cn2nnnc12. The van der Waals surface area contributed by atoms with Gasteiger partial charge >= 0.3 is 0 Å². The lowest BCUT2D eigenvalue weighted by Gasteiger charge is -2.03. The van der Waals surface area contributed by atoms with Gasteiger partial charge in [-0.05, 0) is 34.5 Å². The number of aromatic nitrogens is 4. The first-order valence-electron chi connectivity index (χ1n) is 5.08. The summed E-state index contributed by atoms with van der Waals surface area (Å²) >= 11 is 0. The number of benzene rings is 1. The highest BCUT2D eigenvalue weighted by Crippen LogP contribution is 2.20. The van der Waals surface area contributed by atoms with Crippen LogP contribution in [0.1, 0.15) is 5.56 Å². The number of hydrogen-bond acceptors (Lipinski definition) is 3. The van der Waals surface area contributed by atoms with Crippen molar-refractivity contribution in [3.05, 3.63) is 48.2 Å². The van der Waals surface area contributed by atoms with E-state index in [1.54, 1.807) is 4.52 Å². The van der Waals surface area contributed by atoms with Gasteiger partial charge in [0.2, 0.25) is 0 Å². The molecule has 0 aliphatic rings. The smallest absolute Gasteiger partial charge is 0.182 e. The van der Waals surface area contributed by atoms with Crippen LogP contribution in [-0.2, 0) is 0 Å². The second kappa shape index (κ2) is 3.41. The van der Waals surface area contributed by atoms with Crippen LogP contribution in [0.2, 0.25) is 0 Å². The van der Waals surface area contributed by atoms with Crippen LogP contribution in [0, 0.1) is 6.92 Å². The predicted molar refractivity (Wildman–Crippen MR) is 61.0 cm³/mol. The standard InChI is InChI=1S/C12H10N4/c1-9-7-11(10-5-3-2-4-6-10)8-16-12(9)13-14-15-16/h2-8H,1H3. The van der Waals surface area contributed by atoms with Gasteiger partial charge in [0.15, 0.2) is 5.65 Å². The second-order valence-corrected chi connectivity index (χ2v) is 3.72. The fourth-order valence-electron chi connectivity index (χ4n) is 1.80. The summed E-state index contributed by atoms with van der Waals surface area (Å²) in [6.07, 6.45) is 1.94. The first-order valence-corrected chi connectivity index (χ1v) is 5.08. The summed E-state index contributed by atoms with van der Waals surface area (Å²) in [5.74, 6) is 0. The van der Waals surface area contributed by atoms with Crippen LogP contribution in [0.25, 0.3) is 16.8 Å². The molecule has 4 heteroatoms. The van der Waals surface area contributed by atoms with E-state index in [4.69, 9.17) is 0 Å². The van der Waals surface area contributed by atoms with Crippen LogP contribution in [0.3, 0.4) is 0 Å². The molecule has 2 heterocycles. The number of fused-ring (bicyclic) bond motifs is 1.